The molecular formula is C11H13N5OS. The van der Waals surface area contributed by atoms with E-state index in [4.69, 9.17) is 5.73 Å². The van der Waals surface area contributed by atoms with Gasteiger partial charge in [0, 0.05) is 23.7 Å². The molecule has 0 aliphatic carbocycles. The fourth-order valence-electron chi connectivity index (χ4n) is 2.00. The minimum absolute atomic E-state index is 0.0223. The van der Waals surface area contributed by atoms with Crippen LogP contribution in [0.4, 0.5) is 5.69 Å². The molecule has 0 atom stereocenters. The monoisotopic (exact) mass is 263 g/mol. The van der Waals surface area contributed by atoms with Crippen LogP contribution in [0.5, 0.6) is 0 Å². The lowest BCUT2D eigenvalue weighted by Gasteiger charge is -2.26. The zero-order chi connectivity index (χ0) is 12.7. The molecule has 7 heteroatoms. The third kappa shape index (κ3) is 1.76. The number of nitrogen functional groups attached to an aromatic ring is 1. The van der Waals surface area contributed by atoms with Crippen molar-refractivity contribution in [3.05, 3.63) is 28.0 Å². The second kappa shape index (κ2) is 4.09. The summed E-state index contributed by atoms with van der Waals surface area (Å²) in [6.07, 6.45) is 1.70. The minimum Gasteiger partial charge on any atom is -0.398 e. The Morgan fingerprint density at radius 2 is 2.33 bits per heavy atom. The third-order valence-electron chi connectivity index (χ3n) is 3.09. The van der Waals surface area contributed by atoms with Crippen molar-refractivity contribution in [2.24, 2.45) is 0 Å². The molecule has 0 fully saturated rings. The lowest BCUT2D eigenvalue weighted by molar-refractivity contribution is 0.0712. The summed E-state index contributed by atoms with van der Waals surface area (Å²) < 4.78 is 1.97. The van der Waals surface area contributed by atoms with Gasteiger partial charge in [-0.25, -0.2) is 0 Å². The van der Waals surface area contributed by atoms with Crippen LogP contribution in [0.3, 0.4) is 0 Å². The van der Waals surface area contributed by atoms with E-state index in [0.717, 1.165) is 17.2 Å². The largest absolute Gasteiger partial charge is 0.398 e. The van der Waals surface area contributed by atoms with Gasteiger partial charge >= 0.3 is 0 Å². The molecule has 3 rings (SSSR count). The predicted octanol–water partition coefficient (Wildman–Crippen LogP) is 0.886. The molecule has 6 nitrogen and oxygen atoms in total. The molecule has 2 aromatic rings. The van der Waals surface area contributed by atoms with E-state index in [9.17, 15) is 4.79 Å². The SMILES string of the molecule is Cc1sc(C(=O)N2CCn3cnnc3C2)cc1N. The summed E-state index contributed by atoms with van der Waals surface area (Å²) in [7, 11) is 0. The van der Waals surface area contributed by atoms with Crippen LogP contribution in [0, 0.1) is 6.92 Å². The topological polar surface area (TPSA) is 77.0 Å². The molecule has 1 aliphatic heterocycles. The number of nitrogens with zero attached hydrogens (tertiary/aromatic N) is 4. The van der Waals surface area contributed by atoms with Crippen molar-refractivity contribution >= 4 is 22.9 Å². The number of rotatable bonds is 1. The molecule has 3 heterocycles. The third-order valence-corrected chi connectivity index (χ3v) is 4.15. The molecular weight excluding hydrogens is 250 g/mol. The average Bonchev–Trinajstić information content (AvgIpc) is 2.95. The molecule has 0 radical (unpaired) electrons. The van der Waals surface area contributed by atoms with Gasteiger partial charge in [-0.05, 0) is 13.0 Å². The van der Waals surface area contributed by atoms with Gasteiger partial charge in [0.15, 0.2) is 5.82 Å². The number of nitrogens with two attached hydrogens (primary N) is 1. The Hall–Kier alpha value is -1.89. The quantitative estimate of drug-likeness (QED) is 0.828. The van der Waals surface area contributed by atoms with E-state index in [0.29, 0.717) is 23.7 Å². The number of fused-ring (bicyclic) bond motifs is 1. The van der Waals surface area contributed by atoms with Crippen LogP contribution in [0.25, 0.3) is 0 Å². The van der Waals surface area contributed by atoms with E-state index in [1.165, 1.54) is 11.3 Å². The summed E-state index contributed by atoms with van der Waals surface area (Å²) in [4.78, 5) is 15.8. The highest BCUT2D eigenvalue weighted by Crippen LogP contribution is 2.25. The van der Waals surface area contributed by atoms with Crippen molar-refractivity contribution in [2.75, 3.05) is 12.3 Å². The Labute approximate surface area is 108 Å². The van der Waals surface area contributed by atoms with E-state index in [2.05, 4.69) is 10.2 Å². The number of aryl methyl sites for hydroxylation is 1. The smallest absolute Gasteiger partial charge is 0.264 e. The Morgan fingerprint density at radius 3 is 3.06 bits per heavy atom. The molecule has 1 aliphatic rings. The van der Waals surface area contributed by atoms with E-state index in [1.54, 1.807) is 17.3 Å². The lowest BCUT2D eigenvalue weighted by atomic mass is 10.3. The first-order valence-corrected chi connectivity index (χ1v) is 6.48. The standard InChI is InChI=1S/C11H13N5OS/c1-7-8(12)4-9(18-7)11(17)15-2-3-16-6-13-14-10(16)5-15/h4,6H,2-3,5,12H2,1H3. The van der Waals surface area contributed by atoms with Crippen LogP contribution in [-0.2, 0) is 13.1 Å². The van der Waals surface area contributed by atoms with Crippen molar-refractivity contribution in [2.45, 2.75) is 20.0 Å². The number of carbonyl (C=O) groups excluding carboxylic acids is 1. The summed E-state index contributed by atoms with van der Waals surface area (Å²) in [6.45, 7) is 3.86. The zero-order valence-electron chi connectivity index (χ0n) is 9.96. The lowest BCUT2D eigenvalue weighted by Crippen LogP contribution is -2.37. The van der Waals surface area contributed by atoms with Crippen LogP contribution < -0.4 is 5.73 Å². The number of aromatic nitrogens is 3. The normalized spacial score (nSPS) is 14.6. The highest BCUT2D eigenvalue weighted by Gasteiger charge is 2.24. The zero-order valence-corrected chi connectivity index (χ0v) is 10.8. The van der Waals surface area contributed by atoms with Crippen LogP contribution >= 0.6 is 11.3 Å². The van der Waals surface area contributed by atoms with Gasteiger partial charge in [-0.3, -0.25) is 4.79 Å². The van der Waals surface area contributed by atoms with Crippen molar-refractivity contribution in [1.82, 2.24) is 19.7 Å². The van der Waals surface area contributed by atoms with Gasteiger partial charge in [-0.1, -0.05) is 0 Å². The molecule has 0 unspecified atom stereocenters. The van der Waals surface area contributed by atoms with Gasteiger partial charge in [0.25, 0.3) is 5.91 Å². The minimum atomic E-state index is 0.0223. The first kappa shape index (κ1) is 11.2. The predicted molar refractivity (Wildman–Crippen MR) is 68.2 cm³/mol. The maximum absolute atomic E-state index is 12.3. The maximum atomic E-state index is 12.3. The van der Waals surface area contributed by atoms with Crippen molar-refractivity contribution in [3.8, 4) is 0 Å². The van der Waals surface area contributed by atoms with Crippen LogP contribution in [-0.4, -0.2) is 32.1 Å². The van der Waals surface area contributed by atoms with Crippen LogP contribution in [0.1, 0.15) is 20.4 Å². The van der Waals surface area contributed by atoms with Gasteiger partial charge in [-0.2, -0.15) is 0 Å². The molecule has 18 heavy (non-hydrogen) atoms. The van der Waals surface area contributed by atoms with Gasteiger partial charge in [0.2, 0.25) is 0 Å². The van der Waals surface area contributed by atoms with E-state index in [-0.39, 0.29) is 5.91 Å². The fourth-order valence-corrected chi connectivity index (χ4v) is 2.91. The summed E-state index contributed by atoms with van der Waals surface area (Å²) in [5.41, 5.74) is 6.47. The summed E-state index contributed by atoms with van der Waals surface area (Å²) in [6, 6.07) is 1.75. The second-order valence-corrected chi connectivity index (χ2v) is 5.55. The molecule has 0 saturated carbocycles. The summed E-state index contributed by atoms with van der Waals surface area (Å²) in [5.74, 6) is 0.852. The Balaban J connectivity index is 1.82. The molecule has 2 N–H and O–H groups in total. The van der Waals surface area contributed by atoms with E-state index in [1.807, 2.05) is 11.5 Å². The number of hydrogen-bond acceptors (Lipinski definition) is 5. The molecule has 0 bridgehead atoms. The molecule has 1 amide bonds. The Bertz CT molecular complexity index is 583. The maximum Gasteiger partial charge on any atom is 0.264 e. The van der Waals surface area contributed by atoms with Crippen molar-refractivity contribution in [1.29, 1.82) is 0 Å². The summed E-state index contributed by atoms with van der Waals surface area (Å²) >= 11 is 1.44. The molecule has 2 aromatic heterocycles. The van der Waals surface area contributed by atoms with Crippen LogP contribution in [0.15, 0.2) is 12.4 Å². The molecule has 94 valence electrons. The van der Waals surface area contributed by atoms with Gasteiger partial charge in [0.1, 0.15) is 6.33 Å². The van der Waals surface area contributed by atoms with Gasteiger partial charge in [-0.15, -0.1) is 21.5 Å². The average molecular weight is 263 g/mol. The van der Waals surface area contributed by atoms with Crippen LogP contribution in [0.2, 0.25) is 0 Å². The molecule has 0 aromatic carbocycles. The number of amides is 1. The van der Waals surface area contributed by atoms with Gasteiger partial charge < -0.3 is 15.2 Å². The molecule has 0 spiro atoms. The van der Waals surface area contributed by atoms with Crippen molar-refractivity contribution < 1.29 is 4.79 Å². The Morgan fingerprint density at radius 1 is 1.50 bits per heavy atom. The van der Waals surface area contributed by atoms with E-state index >= 15 is 0 Å². The van der Waals surface area contributed by atoms with Crippen molar-refractivity contribution in [3.63, 3.8) is 0 Å². The number of thiophene rings is 1. The van der Waals surface area contributed by atoms with E-state index < -0.39 is 0 Å². The Kier molecular flexibility index (Phi) is 2.55. The number of carbonyl (C=O) groups is 1. The second-order valence-electron chi connectivity index (χ2n) is 4.29. The highest BCUT2D eigenvalue weighted by atomic mass is 32.1. The van der Waals surface area contributed by atoms with Gasteiger partial charge in [0.05, 0.1) is 11.4 Å². The highest BCUT2D eigenvalue weighted by molar-refractivity contribution is 7.14. The first-order chi connectivity index (χ1) is 8.65. The summed E-state index contributed by atoms with van der Waals surface area (Å²) in [5, 5.41) is 7.85. The number of hydrogen-bond donors (Lipinski definition) is 1. The molecule has 0 saturated heterocycles. The first-order valence-electron chi connectivity index (χ1n) is 5.67. The number of anilines is 1. The fraction of sp³-hybridized carbons (Fsp3) is 0.364.